The van der Waals surface area contributed by atoms with Crippen LogP contribution in [0.4, 0.5) is 10.1 Å². The molecule has 3 rings (SSSR count). The predicted octanol–water partition coefficient (Wildman–Crippen LogP) is 4.59. The molecular weight excluding hydrogens is 367 g/mol. The molecule has 1 heterocycles. The van der Waals surface area contributed by atoms with E-state index in [1.54, 1.807) is 4.90 Å². The van der Waals surface area contributed by atoms with E-state index in [2.05, 4.69) is 5.32 Å². The maximum absolute atomic E-state index is 14.0. The van der Waals surface area contributed by atoms with E-state index >= 15 is 0 Å². The van der Waals surface area contributed by atoms with Crippen molar-refractivity contribution in [2.24, 2.45) is 5.92 Å². The third kappa shape index (κ3) is 4.30. The molecule has 0 unspecified atom stereocenters. The summed E-state index contributed by atoms with van der Waals surface area (Å²) in [6.45, 7) is 4.73. The first kappa shape index (κ1) is 19.4. The van der Waals surface area contributed by atoms with E-state index < -0.39 is 11.7 Å². The summed E-state index contributed by atoms with van der Waals surface area (Å²) >= 11 is 5.99. The molecule has 0 aromatic heterocycles. The fourth-order valence-corrected chi connectivity index (χ4v) is 3.55. The molecule has 142 valence electrons. The first-order valence-electron chi connectivity index (χ1n) is 8.98. The number of halogens is 2. The molecule has 0 bridgehead atoms. The highest BCUT2D eigenvalue weighted by molar-refractivity contribution is 6.33. The van der Waals surface area contributed by atoms with Crippen LogP contribution in [0.2, 0.25) is 5.02 Å². The van der Waals surface area contributed by atoms with Crippen LogP contribution in [-0.2, 0) is 4.79 Å². The van der Waals surface area contributed by atoms with E-state index in [0.717, 1.165) is 16.8 Å². The van der Waals surface area contributed by atoms with Gasteiger partial charge >= 0.3 is 0 Å². The van der Waals surface area contributed by atoms with Crippen molar-refractivity contribution in [3.8, 4) is 0 Å². The zero-order valence-electron chi connectivity index (χ0n) is 15.4. The van der Waals surface area contributed by atoms with Crippen LogP contribution in [-0.4, -0.2) is 29.8 Å². The van der Waals surface area contributed by atoms with Crippen LogP contribution < -0.4 is 5.32 Å². The van der Waals surface area contributed by atoms with Crippen molar-refractivity contribution < 1.29 is 14.0 Å². The molecule has 2 amide bonds. The lowest BCUT2D eigenvalue weighted by Crippen LogP contribution is -2.41. The number of hydrogen-bond donors (Lipinski definition) is 1. The van der Waals surface area contributed by atoms with E-state index in [-0.39, 0.29) is 22.4 Å². The second-order valence-corrected chi connectivity index (χ2v) is 7.38. The molecule has 1 fully saturated rings. The molecule has 1 aliphatic rings. The number of amides is 2. The van der Waals surface area contributed by atoms with E-state index in [4.69, 9.17) is 11.6 Å². The van der Waals surface area contributed by atoms with E-state index in [9.17, 15) is 14.0 Å². The fraction of sp³-hybridized carbons (Fsp3) is 0.333. The lowest BCUT2D eigenvalue weighted by molar-refractivity contribution is -0.121. The van der Waals surface area contributed by atoms with Gasteiger partial charge in [0.2, 0.25) is 5.91 Å². The number of nitrogens with zero attached hydrogens (tertiary/aromatic N) is 1. The monoisotopic (exact) mass is 388 g/mol. The molecular formula is C21H22ClFN2O2. The summed E-state index contributed by atoms with van der Waals surface area (Å²) in [5.41, 5.74) is 2.81. The summed E-state index contributed by atoms with van der Waals surface area (Å²) in [5, 5.41) is 3.10. The van der Waals surface area contributed by atoms with Crippen molar-refractivity contribution >= 4 is 29.1 Å². The molecule has 6 heteroatoms. The molecule has 0 saturated carbocycles. The topological polar surface area (TPSA) is 49.4 Å². The Morgan fingerprint density at radius 1 is 1.15 bits per heavy atom. The normalized spacial score (nSPS) is 14.9. The smallest absolute Gasteiger partial charge is 0.258 e. The number of nitrogens with one attached hydrogen (secondary N) is 1. The molecule has 2 aromatic carbocycles. The summed E-state index contributed by atoms with van der Waals surface area (Å²) in [6, 6.07) is 10.1. The van der Waals surface area contributed by atoms with E-state index in [0.29, 0.717) is 25.9 Å². The van der Waals surface area contributed by atoms with Gasteiger partial charge in [-0.15, -0.1) is 0 Å². The molecule has 1 aliphatic heterocycles. The largest absolute Gasteiger partial charge is 0.338 e. The minimum absolute atomic E-state index is 0.0419. The summed E-state index contributed by atoms with van der Waals surface area (Å²) in [5.74, 6) is -1.27. The number of carbonyl (C=O) groups is 2. The lowest BCUT2D eigenvalue weighted by atomic mass is 9.95. The Kier molecular flexibility index (Phi) is 5.80. The molecule has 2 aromatic rings. The SMILES string of the molecule is Cc1ccc(C)c(NC(=O)C2CCN(C(=O)c3c(F)cccc3Cl)CC2)c1. The number of hydrogen-bond acceptors (Lipinski definition) is 2. The summed E-state index contributed by atoms with van der Waals surface area (Å²) in [4.78, 5) is 26.7. The first-order chi connectivity index (χ1) is 12.9. The fourth-order valence-electron chi connectivity index (χ4n) is 3.31. The van der Waals surface area contributed by atoms with Crippen LogP contribution in [0.5, 0.6) is 0 Å². The Labute approximate surface area is 163 Å². The van der Waals surface area contributed by atoms with Crippen LogP contribution >= 0.6 is 11.6 Å². The minimum atomic E-state index is -0.623. The first-order valence-corrected chi connectivity index (χ1v) is 9.36. The van der Waals surface area contributed by atoms with Crippen molar-refractivity contribution in [3.05, 3.63) is 63.9 Å². The van der Waals surface area contributed by atoms with Crippen molar-refractivity contribution in [3.63, 3.8) is 0 Å². The third-order valence-electron chi connectivity index (χ3n) is 4.98. The molecule has 1 N–H and O–H groups in total. The number of piperidine rings is 1. The molecule has 0 atom stereocenters. The van der Waals surface area contributed by atoms with Gasteiger partial charge in [0.25, 0.3) is 5.91 Å². The molecule has 0 spiro atoms. The van der Waals surface area contributed by atoms with Crippen molar-refractivity contribution in [2.75, 3.05) is 18.4 Å². The van der Waals surface area contributed by atoms with E-state index in [1.807, 2.05) is 32.0 Å². The van der Waals surface area contributed by atoms with Gasteiger partial charge in [0, 0.05) is 24.7 Å². The molecule has 27 heavy (non-hydrogen) atoms. The van der Waals surface area contributed by atoms with Crippen LogP contribution in [0.1, 0.15) is 34.3 Å². The Morgan fingerprint density at radius 3 is 2.52 bits per heavy atom. The second-order valence-electron chi connectivity index (χ2n) is 6.97. The van der Waals surface area contributed by atoms with Crippen LogP contribution in [0.3, 0.4) is 0 Å². The summed E-state index contributed by atoms with van der Waals surface area (Å²) in [7, 11) is 0. The van der Waals surface area contributed by atoms with Gasteiger partial charge in [-0.1, -0.05) is 29.8 Å². The summed E-state index contributed by atoms with van der Waals surface area (Å²) in [6.07, 6.45) is 1.07. The Balaban J connectivity index is 1.62. The highest BCUT2D eigenvalue weighted by Crippen LogP contribution is 2.26. The van der Waals surface area contributed by atoms with Gasteiger partial charge in [0.15, 0.2) is 0 Å². The highest BCUT2D eigenvalue weighted by Gasteiger charge is 2.30. The predicted molar refractivity (Wildman–Crippen MR) is 105 cm³/mol. The Morgan fingerprint density at radius 2 is 1.85 bits per heavy atom. The Hall–Kier alpha value is -2.40. The van der Waals surface area contributed by atoms with Gasteiger partial charge in [-0.05, 0) is 56.0 Å². The van der Waals surface area contributed by atoms with Crippen molar-refractivity contribution in [2.45, 2.75) is 26.7 Å². The molecule has 4 nitrogen and oxygen atoms in total. The third-order valence-corrected chi connectivity index (χ3v) is 5.30. The van der Waals surface area contributed by atoms with Crippen molar-refractivity contribution in [1.82, 2.24) is 4.90 Å². The quantitative estimate of drug-likeness (QED) is 0.836. The van der Waals surface area contributed by atoms with Gasteiger partial charge < -0.3 is 10.2 Å². The average molecular weight is 389 g/mol. The van der Waals surface area contributed by atoms with Crippen LogP contribution in [0, 0.1) is 25.6 Å². The number of rotatable bonds is 3. The van der Waals surface area contributed by atoms with E-state index in [1.165, 1.54) is 18.2 Å². The zero-order valence-corrected chi connectivity index (χ0v) is 16.1. The Bertz CT molecular complexity index is 856. The number of benzene rings is 2. The standard InChI is InChI=1S/C21H22ClFN2O2/c1-13-6-7-14(2)18(12-13)24-20(26)15-8-10-25(11-9-15)21(27)19-16(22)4-3-5-17(19)23/h3-7,12,15H,8-11H2,1-2H3,(H,24,26). The van der Waals surface area contributed by atoms with Gasteiger partial charge in [-0.3, -0.25) is 9.59 Å². The van der Waals surface area contributed by atoms with Gasteiger partial charge in [-0.25, -0.2) is 4.39 Å². The van der Waals surface area contributed by atoms with Crippen LogP contribution in [0.25, 0.3) is 0 Å². The number of anilines is 1. The molecule has 0 radical (unpaired) electrons. The molecule has 0 aliphatic carbocycles. The number of likely N-dealkylation sites (tertiary alicyclic amines) is 1. The summed E-state index contributed by atoms with van der Waals surface area (Å²) < 4.78 is 14.0. The average Bonchev–Trinajstić information content (AvgIpc) is 2.64. The maximum atomic E-state index is 14.0. The number of aryl methyl sites for hydroxylation is 2. The maximum Gasteiger partial charge on any atom is 0.258 e. The molecule has 1 saturated heterocycles. The van der Waals surface area contributed by atoms with Gasteiger partial charge in [0.05, 0.1) is 10.6 Å². The van der Waals surface area contributed by atoms with Gasteiger partial charge in [0.1, 0.15) is 5.82 Å². The highest BCUT2D eigenvalue weighted by atomic mass is 35.5. The van der Waals surface area contributed by atoms with Crippen molar-refractivity contribution in [1.29, 1.82) is 0 Å². The number of carbonyl (C=O) groups excluding carboxylic acids is 2. The zero-order chi connectivity index (χ0) is 19.6. The van der Waals surface area contributed by atoms with Crippen LogP contribution in [0.15, 0.2) is 36.4 Å². The second kappa shape index (κ2) is 8.09. The minimum Gasteiger partial charge on any atom is -0.338 e. The lowest BCUT2D eigenvalue weighted by Gasteiger charge is -2.31. The van der Waals surface area contributed by atoms with Gasteiger partial charge in [-0.2, -0.15) is 0 Å².